The molecule has 3 amide bonds. The number of thiazole rings is 1. The fourth-order valence-corrected chi connectivity index (χ4v) is 12.1. The molecule has 10 rings (SSSR count). The molecule has 3 aliphatic rings. The van der Waals surface area contributed by atoms with Gasteiger partial charge in [-0.1, -0.05) is 61.8 Å². The Hall–Kier alpha value is -6.60. The van der Waals surface area contributed by atoms with Crippen molar-refractivity contribution in [2.75, 3.05) is 6.54 Å². The molecule has 7 heterocycles. The number of thiophene rings is 1. The Balaban J connectivity index is 0.762. The Morgan fingerprint density at radius 3 is 2.39 bits per heavy atom. The van der Waals surface area contributed by atoms with Gasteiger partial charge in [0.05, 0.1) is 46.6 Å². The lowest BCUT2D eigenvalue weighted by molar-refractivity contribution is -0.142. The number of carbonyl (C=O) groups is 3. The number of β-amino-alcohol motifs (C(OH)–C–C–N with tert-alkyl or cyclic N) is 1. The average Bonchev–Trinajstić information content (AvgIpc) is 4.19. The molecule has 19 heteroatoms. The molecule has 1 saturated carbocycles. The average molecular weight is 1030 g/mol. The van der Waals surface area contributed by atoms with Crippen LogP contribution in [0.15, 0.2) is 89.8 Å². The van der Waals surface area contributed by atoms with E-state index in [0.717, 1.165) is 66.1 Å². The summed E-state index contributed by atoms with van der Waals surface area (Å²) in [6.45, 7) is 13.9. The van der Waals surface area contributed by atoms with Crippen molar-refractivity contribution in [1.29, 1.82) is 0 Å². The maximum atomic E-state index is 14.4. The summed E-state index contributed by atoms with van der Waals surface area (Å²) < 4.78 is 10.00. The molecular formula is C53H56ClN11O5S2. The molecular weight excluding hydrogens is 970 g/mol. The van der Waals surface area contributed by atoms with Gasteiger partial charge in [0, 0.05) is 76.9 Å². The van der Waals surface area contributed by atoms with Crippen LogP contribution in [0.1, 0.15) is 109 Å². The summed E-state index contributed by atoms with van der Waals surface area (Å²) in [6.07, 6.45) is 5.63. The number of aliphatic hydroxyl groups excluding tert-OH is 1. The summed E-state index contributed by atoms with van der Waals surface area (Å²) in [7, 11) is 0. The zero-order valence-electron chi connectivity index (χ0n) is 41.0. The summed E-state index contributed by atoms with van der Waals surface area (Å²) in [4.78, 5) is 59.9. The Labute approximate surface area is 430 Å². The number of rotatable bonds is 14. The second-order valence-corrected chi connectivity index (χ2v) is 21.9. The number of halogens is 1. The number of hydrogen-bond acceptors (Lipinski definition) is 13. The maximum absolute atomic E-state index is 14.4. The number of aliphatic hydroxyl groups is 1. The highest BCUT2D eigenvalue weighted by molar-refractivity contribution is 7.15. The molecule has 0 bridgehead atoms. The zero-order valence-corrected chi connectivity index (χ0v) is 43.4. The molecule has 2 aromatic carbocycles. The van der Waals surface area contributed by atoms with Crippen molar-refractivity contribution in [2.24, 2.45) is 10.9 Å². The van der Waals surface area contributed by atoms with Gasteiger partial charge in [-0.3, -0.25) is 28.6 Å². The Morgan fingerprint density at radius 2 is 1.67 bits per heavy atom. The lowest BCUT2D eigenvalue weighted by atomic mass is 9.89. The van der Waals surface area contributed by atoms with Crippen molar-refractivity contribution in [3.8, 4) is 32.4 Å². The number of nitrogens with one attached hydrogen (secondary N) is 2. The van der Waals surface area contributed by atoms with Crippen LogP contribution in [0.5, 0.6) is 5.88 Å². The van der Waals surface area contributed by atoms with Crippen LogP contribution in [0.3, 0.4) is 0 Å². The number of ether oxygens (including phenoxy) is 1. The molecule has 2 fully saturated rings. The van der Waals surface area contributed by atoms with E-state index in [2.05, 4.69) is 49.7 Å². The first-order chi connectivity index (χ1) is 34.6. The minimum Gasteiger partial charge on any atom is -0.474 e. The van der Waals surface area contributed by atoms with Crippen LogP contribution in [0.25, 0.3) is 26.6 Å². The number of pyridine rings is 1. The molecule has 5 atom stereocenters. The van der Waals surface area contributed by atoms with Gasteiger partial charge in [-0.2, -0.15) is 5.10 Å². The van der Waals surface area contributed by atoms with E-state index in [9.17, 15) is 19.5 Å². The van der Waals surface area contributed by atoms with Gasteiger partial charge in [0.15, 0.2) is 5.82 Å². The predicted octanol–water partition coefficient (Wildman–Crippen LogP) is 8.64. The minimum absolute atomic E-state index is 0.0447. The smallest absolute Gasteiger partial charge is 0.248 e. The summed E-state index contributed by atoms with van der Waals surface area (Å²) >= 11 is 9.54. The van der Waals surface area contributed by atoms with Crippen LogP contribution in [0, 0.1) is 33.6 Å². The SMILES string of the molecule is Cc1ncsc1-c1ccc([C@H](C)NC(=O)[C@@H]2C[C@@H](O)CN2C(=O)[C@H](C(C)C)n2cc(-c3ccnc(O[C@H]4C[C@@H](NC(=O)C[C@@H]5N=C(c6ccc(Cl)cc6)c6c(sc(C)c6C)-n6c(C)nnc65)C4)c3)cn2)cc1. The molecule has 72 heavy (non-hydrogen) atoms. The molecule has 5 aromatic heterocycles. The van der Waals surface area contributed by atoms with Gasteiger partial charge in [0.1, 0.15) is 35.1 Å². The summed E-state index contributed by atoms with van der Waals surface area (Å²) in [5.74, 6) is 0.851. The number of nitrogens with zero attached hydrogens (tertiary/aromatic N) is 9. The van der Waals surface area contributed by atoms with Gasteiger partial charge in [0.2, 0.25) is 23.6 Å². The fourth-order valence-electron chi connectivity index (χ4n) is 9.91. The first kappa shape index (κ1) is 49.0. The highest BCUT2D eigenvalue weighted by atomic mass is 35.5. The third-order valence-electron chi connectivity index (χ3n) is 14.0. The molecule has 16 nitrogen and oxygen atoms in total. The van der Waals surface area contributed by atoms with Crippen LogP contribution in [-0.4, -0.2) is 98.8 Å². The number of aryl methyl sites for hydroxylation is 3. The quantitative estimate of drug-likeness (QED) is 0.0949. The zero-order chi connectivity index (χ0) is 50.5. The lowest BCUT2D eigenvalue weighted by Crippen LogP contribution is -2.49. The molecule has 2 aliphatic heterocycles. The van der Waals surface area contributed by atoms with Crippen LogP contribution >= 0.6 is 34.3 Å². The normalized spacial score (nSPS) is 20.2. The van der Waals surface area contributed by atoms with Gasteiger partial charge in [-0.25, -0.2) is 9.97 Å². The van der Waals surface area contributed by atoms with Crippen molar-refractivity contribution in [3.63, 3.8) is 0 Å². The number of fused-ring (bicyclic) bond motifs is 3. The molecule has 3 N–H and O–H groups in total. The van der Waals surface area contributed by atoms with Gasteiger partial charge in [-0.05, 0) is 81.0 Å². The second kappa shape index (κ2) is 20.1. The number of hydrogen-bond donors (Lipinski definition) is 3. The third-order valence-corrected chi connectivity index (χ3v) is 16.4. The molecule has 7 aromatic rings. The first-order valence-corrected chi connectivity index (χ1v) is 26.3. The number of aliphatic imine (C=N–C) groups is 1. The van der Waals surface area contributed by atoms with E-state index in [4.69, 9.17) is 21.3 Å². The van der Waals surface area contributed by atoms with Gasteiger partial charge >= 0.3 is 0 Å². The Bertz CT molecular complexity index is 3190. The minimum atomic E-state index is -0.842. The predicted molar refractivity (Wildman–Crippen MR) is 278 cm³/mol. The van der Waals surface area contributed by atoms with E-state index in [-0.39, 0.29) is 61.2 Å². The van der Waals surface area contributed by atoms with Crippen LogP contribution in [0.2, 0.25) is 5.02 Å². The van der Waals surface area contributed by atoms with Crippen LogP contribution in [0.4, 0.5) is 0 Å². The highest BCUT2D eigenvalue weighted by Crippen LogP contribution is 2.40. The standard InChI is InChI=1S/C53H56ClN11O5S2/c1-27(2)48(52(69)63-25-40(66)21-43(63)51(68)58-29(4)33-8-10-35(11-9-33)49-30(5)56-26-71-49)64-24-37(23-57-64)36-16-17-55-45(18-36)70-41-19-39(20-41)59-44(67)22-42-50-62-61-32(7)65(50)53-46(28(3)31(6)72-53)47(60-42)34-12-14-38(54)15-13-34/h8-18,23-24,26-27,29,39-43,48,66H,19-22,25H2,1-7H3,(H,58,68)(H,59,67)/t29-,39-,40+,41+,42-,43-,48-/m0/s1. The summed E-state index contributed by atoms with van der Waals surface area (Å²) in [5.41, 5.74) is 10.2. The van der Waals surface area contributed by atoms with E-state index in [0.29, 0.717) is 29.6 Å². The van der Waals surface area contributed by atoms with Crippen molar-refractivity contribution in [3.05, 3.63) is 134 Å². The Kier molecular flexibility index (Phi) is 13.7. The van der Waals surface area contributed by atoms with Gasteiger partial charge in [0.25, 0.3) is 0 Å². The maximum Gasteiger partial charge on any atom is 0.248 e. The number of likely N-dealkylation sites (tertiary alicyclic amines) is 1. The van der Waals surface area contributed by atoms with E-state index in [1.54, 1.807) is 39.7 Å². The lowest BCUT2D eigenvalue weighted by Gasteiger charge is -2.35. The van der Waals surface area contributed by atoms with E-state index < -0.39 is 24.2 Å². The molecule has 1 saturated heterocycles. The largest absolute Gasteiger partial charge is 0.474 e. The first-order valence-electron chi connectivity index (χ1n) is 24.2. The van der Waals surface area contributed by atoms with E-state index in [1.165, 1.54) is 9.78 Å². The molecule has 0 radical (unpaired) electrons. The van der Waals surface area contributed by atoms with Gasteiger partial charge in [-0.15, -0.1) is 32.9 Å². The summed E-state index contributed by atoms with van der Waals surface area (Å²) in [6, 6.07) is 16.8. The topological polar surface area (TPSA) is 195 Å². The molecule has 0 spiro atoms. The number of carbonyl (C=O) groups excluding carboxylic acids is 3. The monoisotopic (exact) mass is 1030 g/mol. The number of amides is 3. The highest BCUT2D eigenvalue weighted by Gasteiger charge is 2.43. The van der Waals surface area contributed by atoms with Crippen molar-refractivity contribution in [2.45, 2.75) is 117 Å². The molecule has 1 aliphatic carbocycles. The van der Waals surface area contributed by atoms with Crippen LogP contribution in [-0.2, 0) is 14.4 Å². The van der Waals surface area contributed by atoms with Crippen molar-refractivity contribution in [1.82, 2.24) is 50.0 Å². The Morgan fingerprint density at radius 1 is 0.917 bits per heavy atom. The van der Waals surface area contributed by atoms with Crippen molar-refractivity contribution < 1.29 is 24.2 Å². The number of aromatic nitrogens is 7. The van der Waals surface area contributed by atoms with E-state index >= 15 is 0 Å². The number of benzene rings is 2. The second-order valence-electron chi connectivity index (χ2n) is 19.4. The van der Waals surface area contributed by atoms with E-state index in [1.807, 2.05) is 112 Å². The van der Waals surface area contributed by atoms with Crippen LogP contribution < -0.4 is 15.4 Å². The third kappa shape index (κ3) is 9.72. The molecule has 0 unspecified atom stereocenters. The molecule has 372 valence electrons. The van der Waals surface area contributed by atoms with Crippen molar-refractivity contribution >= 4 is 57.7 Å². The summed E-state index contributed by atoms with van der Waals surface area (Å²) in [5, 5.41) is 32.3. The van der Waals surface area contributed by atoms with Gasteiger partial charge < -0.3 is 25.4 Å². The fraction of sp³-hybridized carbons (Fsp3) is 0.377.